The summed E-state index contributed by atoms with van der Waals surface area (Å²) in [7, 11) is 0. The molecule has 1 fully saturated rings. The van der Waals surface area contributed by atoms with Crippen molar-refractivity contribution in [2.75, 3.05) is 19.8 Å². The van der Waals surface area contributed by atoms with E-state index in [2.05, 4.69) is 9.88 Å². The van der Waals surface area contributed by atoms with Gasteiger partial charge in [0.1, 0.15) is 5.76 Å². The van der Waals surface area contributed by atoms with Gasteiger partial charge < -0.3 is 13.6 Å². The lowest BCUT2D eigenvalue weighted by molar-refractivity contribution is -0.0161. The van der Waals surface area contributed by atoms with Gasteiger partial charge in [0.05, 0.1) is 31.7 Å². The lowest BCUT2D eigenvalue weighted by atomic mass is 10.1. The number of Topliss-reactive ketones (excluding diaryl/α,β-unsaturated/α-hetero) is 1. The quantitative estimate of drug-likeness (QED) is 0.790. The molecule has 1 saturated heterocycles. The summed E-state index contributed by atoms with van der Waals surface area (Å²) < 4.78 is 16.3. The Kier molecular flexibility index (Phi) is 4.40. The third-order valence-electron chi connectivity index (χ3n) is 3.98. The van der Waals surface area contributed by atoms with Crippen LogP contribution in [0, 0.1) is 13.8 Å². The van der Waals surface area contributed by atoms with E-state index in [4.69, 9.17) is 13.6 Å². The summed E-state index contributed by atoms with van der Waals surface area (Å²) in [6.45, 7) is 6.38. The minimum absolute atomic E-state index is 0.00901. The number of morpholine rings is 1. The van der Waals surface area contributed by atoms with Crippen molar-refractivity contribution in [1.29, 1.82) is 0 Å². The lowest BCUT2D eigenvalue weighted by Gasteiger charge is -2.34. The largest absolute Gasteiger partial charge is 0.461 e. The first kappa shape index (κ1) is 15.0. The van der Waals surface area contributed by atoms with E-state index >= 15 is 0 Å². The first-order valence-electron chi connectivity index (χ1n) is 7.45. The van der Waals surface area contributed by atoms with E-state index in [1.165, 1.54) is 6.26 Å². The van der Waals surface area contributed by atoms with Crippen LogP contribution in [0.4, 0.5) is 0 Å². The normalized spacial score (nSPS) is 19.5. The van der Waals surface area contributed by atoms with E-state index in [-0.39, 0.29) is 11.8 Å². The van der Waals surface area contributed by atoms with Crippen LogP contribution in [0.5, 0.6) is 0 Å². The van der Waals surface area contributed by atoms with Crippen LogP contribution in [0.1, 0.15) is 34.3 Å². The molecule has 6 nitrogen and oxygen atoms in total. The van der Waals surface area contributed by atoms with Crippen LogP contribution < -0.4 is 0 Å². The Hall–Kier alpha value is -1.92. The Balaban J connectivity index is 1.67. The summed E-state index contributed by atoms with van der Waals surface area (Å²) in [5, 5.41) is 0. The second-order valence-corrected chi connectivity index (χ2v) is 5.55. The number of rotatable bonds is 5. The van der Waals surface area contributed by atoms with E-state index in [0.717, 1.165) is 18.0 Å². The highest BCUT2D eigenvalue weighted by Crippen LogP contribution is 2.18. The van der Waals surface area contributed by atoms with Gasteiger partial charge in [-0.1, -0.05) is 0 Å². The fourth-order valence-electron chi connectivity index (χ4n) is 2.62. The van der Waals surface area contributed by atoms with Crippen molar-refractivity contribution in [3.05, 3.63) is 41.5 Å². The molecule has 22 heavy (non-hydrogen) atoms. The van der Waals surface area contributed by atoms with Crippen molar-refractivity contribution in [3.8, 4) is 0 Å². The van der Waals surface area contributed by atoms with Crippen LogP contribution in [0.15, 0.2) is 27.2 Å². The molecule has 6 heteroatoms. The smallest absolute Gasteiger partial charge is 0.208 e. The first-order valence-corrected chi connectivity index (χ1v) is 7.45. The predicted molar refractivity (Wildman–Crippen MR) is 78.6 cm³/mol. The molecule has 0 aliphatic carbocycles. The molecule has 118 valence electrons. The highest BCUT2D eigenvalue weighted by atomic mass is 16.5. The molecule has 0 saturated carbocycles. The summed E-state index contributed by atoms with van der Waals surface area (Å²) in [6, 6.07) is 3.43. The van der Waals surface area contributed by atoms with Crippen molar-refractivity contribution < 1.29 is 18.4 Å². The van der Waals surface area contributed by atoms with Crippen molar-refractivity contribution in [2.24, 2.45) is 0 Å². The second kappa shape index (κ2) is 6.46. The summed E-state index contributed by atoms with van der Waals surface area (Å²) in [5.74, 6) is 1.91. The molecule has 3 rings (SSSR count). The number of hydrogen-bond acceptors (Lipinski definition) is 6. The molecule has 1 atom stereocenters. The van der Waals surface area contributed by atoms with Crippen molar-refractivity contribution in [2.45, 2.75) is 32.9 Å². The monoisotopic (exact) mass is 304 g/mol. The molecule has 2 aromatic heterocycles. The molecule has 0 unspecified atom stereocenters. The van der Waals surface area contributed by atoms with E-state index in [0.29, 0.717) is 37.8 Å². The number of ketones is 1. The van der Waals surface area contributed by atoms with Gasteiger partial charge in [0.25, 0.3) is 0 Å². The van der Waals surface area contributed by atoms with Gasteiger partial charge in [0, 0.05) is 19.0 Å². The zero-order valence-corrected chi connectivity index (χ0v) is 12.9. The average Bonchev–Trinajstić information content (AvgIpc) is 3.12. The number of aromatic nitrogens is 1. The molecule has 1 aliphatic heterocycles. The molecule has 0 aromatic carbocycles. The number of aryl methyl sites for hydroxylation is 2. The van der Waals surface area contributed by atoms with Gasteiger partial charge in [-0.15, -0.1) is 0 Å². The number of nitrogens with zero attached hydrogens (tertiary/aromatic N) is 2. The number of carbonyl (C=O) groups excluding carboxylic acids is 1. The Morgan fingerprint density at radius 2 is 2.32 bits per heavy atom. The van der Waals surface area contributed by atoms with Crippen LogP contribution >= 0.6 is 0 Å². The molecule has 1 aliphatic rings. The highest BCUT2D eigenvalue weighted by molar-refractivity contribution is 5.93. The number of oxazole rings is 1. The van der Waals surface area contributed by atoms with Crippen molar-refractivity contribution in [3.63, 3.8) is 0 Å². The standard InChI is InChI=1S/C16H20N2O4/c1-11-12(2)22-16(17-11)9-18-5-7-20-10-13(18)8-14(19)15-4-3-6-21-15/h3-4,6,13H,5,7-10H2,1-2H3/t13-/m1/s1. The molecular formula is C16H20N2O4. The number of carbonyl (C=O) groups is 1. The van der Waals surface area contributed by atoms with Gasteiger partial charge >= 0.3 is 0 Å². The molecule has 0 N–H and O–H groups in total. The fourth-order valence-corrected chi connectivity index (χ4v) is 2.62. The summed E-state index contributed by atoms with van der Waals surface area (Å²) >= 11 is 0. The maximum atomic E-state index is 12.2. The van der Waals surface area contributed by atoms with Gasteiger partial charge in [-0.3, -0.25) is 9.69 Å². The minimum atomic E-state index is -0.00901. The van der Waals surface area contributed by atoms with Crippen LogP contribution in [0.2, 0.25) is 0 Å². The summed E-state index contributed by atoms with van der Waals surface area (Å²) in [5.41, 5.74) is 0.909. The van der Waals surface area contributed by atoms with E-state index in [1.807, 2.05) is 13.8 Å². The zero-order chi connectivity index (χ0) is 15.5. The van der Waals surface area contributed by atoms with Gasteiger partial charge in [-0.25, -0.2) is 4.98 Å². The topological polar surface area (TPSA) is 68.7 Å². The highest BCUT2D eigenvalue weighted by Gasteiger charge is 2.28. The molecule has 0 radical (unpaired) electrons. The Morgan fingerprint density at radius 3 is 3.00 bits per heavy atom. The second-order valence-electron chi connectivity index (χ2n) is 5.55. The fraction of sp³-hybridized carbons (Fsp3) is 0.500. The molecule has 2 aromatic rings. The first-order chi connectivity index (χ1) is 10.6. The predicted octanol–water partition coefficient (Wildman–Crippen LogP) is 2.36. The van der Waals surface area contributed by atoms with Crippen LogP contribution in [0.25, 0.3) is 0 Å². The van der Waals surface area contributed by atoms with Gasteiger partial charge in [-0.2, -0.15) is 0 Å². The molecule has 0 amide bonds. The SMILES string of the molecule is Cc1nc(CN2CCOC[C@H]2CC(=O)c2ccco2)oc1C. The van der Waals surface area contributed by atoms with Gasteiger partial charge in [0.15, 0.2) is 11.5 Å². The lowest BCUT2D eigenvalue weighted by Crippen LogP contribution is -2.45. The molecular weight excluding hydrogens is 284 g/mol. The summed E-state index contributed by atoms with van der Waals surface area (Å²) in [6.07, 6.45) is 1.88. The van der Waals surface area contributed by atoms with E-state index < -0.39 is 0 Å². The number of furan rings is 1. The number of hydrogen-bond donors (Lipinski definition) is 0. The third-order valence-corrected chi connectivity index (χ3v) is 3.98. The van der Waals surface area contributed by atoms with Crippen molar-refractivity contribution in [1.82, 2.24) is 9.88 Å². The van der Waals surface area contributed by atoms with Gasteiger partial charge in [0.2, 0.25) is 5.89 Å². The van der Waals surface area contributed by atoms with Gasteiger partial charge in [-0.05, 0) is 26.0 Å². The maximum Gasteiger partial charge on any atom is 0.208 e. The Bertz CT molecular complexity index is 613. The Labute approximate surface area is 129 Å². The Morgan fingerprint density at radius 1 is 1.45 bits per heavy atom. The summed E-state index contributed by atoms with van der Waals surface area (Å²) in [4.78, 5) is 18.8. The molecule has 0 spiro atoms. The third kappa shape index (κ3) is 3.28. The van der Waals surface area contributed by atoms with Crippen molar-refractivity contribution >= 4 is 5.78 Å². The van der Waals surface area contributed by atoms with E-state index in [1.54, 1.807) is 12.1 Å². The zero-order valence-electron chi connectivity index (χ0n) is 12.9. The van der Waals surface area contributed by atoms with Crippen LogP contribution in [-0.4, -0.2) is 41.5 Å². The minimum Gasteiger partial charge on any atom is -0.461 e. The molecule has 0 bridgehead atoms. The average molecular weight is 304 g/mol. The van der Waals surface area contributed by atoms with Crippen LogP contribution in [-0.2, 0) is 11.3 Å². The van der Waals surface area contributed by atoms with E-state index in [9.17, 15) is 4.79 Å². The van der Waals surface area contributed by atoms with Crippen LogP contribution in [0.3, 0.4) is 0 Å². The maximum absolute atomic E-state index is 12.2. The number of ether oxygens (including phenoxy) is 1. The molecule has 3 heterocycles.